The Morgan fingerprint density at radius 3 is 2.40 bits per heavy atom. The number of rotatable bonds is 3. The summed E-state index contributed by atoms with van der Waals surface area (Å²) in [6, 6.07) is 2.99. The Labute approximate surface area is 116 Å². The number of imide groups is 1. The summed E-state index contributed by atoms with van der Waals surface area (Å²) in [4.78, 5) is 26.1. The molecule has 0 N–H and O–H groups in total. The van der Waals surface area contributed by atoms with E-state index in [1.54, 1.807) is 13.0 Å². The second-order valence-electron chi connectivity index (χ2n) is 5.02. The predicted molar refractivity (Wildman–Crippen MR) is 72.3 cm³/mol. The number of benzene rings is 1. The molecule has 0 radical (unpaired) electrons. The van der Waals surface area contributed by atoms with Gasteiger partial charge in [-0.1, -0.05) is 0 Å². The van der Waals surface area contributed by atoms with Gasteiger partial charge in [0, 0.05) is 13.1 Å². The Hall–Kier alpha value is -2.11. The van der Waals surface area contributed by atoms with Crippen molar-refractivity contribution in [3.05, 3.63) is 24.0 Å². The minimum Gasteiger partial charge on any atom is -0.491 e. The molecule has 3 amide bonds. The fourth-order valence-electron chi connectivity index (χ4n) is 2.01. The third-order valence-corrected chi connectivity index (χ3v) is 3.18. The van der Waals surface area contributed by atoms with E-state index in [2.05, 4.69) is 0 Å². The van der Waals surface area contributed by atoms with Crippen molar-refractivity contribution in [2.45, 2.75) is 32.9 Å². The zero-order chi connectivity index (χ0) is 15.0. The molecular formula is C14H17FN2O3. The second kappa shape index (κ2) is 5.11. The van der Waals surface area contributed by atoms with Crippen molar-refractivity contribution in [1.82, 2.24) is 4.90 Å². The average Bonchev–Trinajstić information content (AvgIpc) is 2.55. The van der Waals surface area contributed by atoms with Gasteiger partial charge in [-0.25, -0.2) is 14.1 Å². The van der Waals surface area contributed by atoms with E-state index >= 15 is 0 Å². The molecule has 108 valence electrons. The van der Waals surface area contributed by atoms with E-state index in [0.29, 0.717) is 5.75 Å². The summed E-state index contributed by atoms with van der Waals surface area (Å²) in [7, 11) is 1.51. The van der Waals surface area contributed by atoms with E-state index in [0.717, 1.165) is 4.90 Å². The van der Waals surface area contributed by atoms with E-state index in [1.165, 1.54) is 24.1 Å². The lowest BCUT2D eigenvalue weighted by atomic mass is 10.2. The smallest absolute Gasteiger partial charge is 0.331 e. The summed E-state index contributed by atoms with van der Waals surface area (Å²) in [5, 5.41) is 0. The molecular weight excluding hydrogens is 263 g/mol. The van der Waals surface area contributed by atoms with Gasteiger partial charge in [0.05, 0.1) is 11.8 Å². The van der Waals surface area contributed by atoms with Gasteiger partial charge in [-0.15, -0.1) is 0 Å². The van der Waals surface area contributed by atoms with Gasteiger partial charge in [-0.05, 0) is 32.9 Å². The molecule has 1 aliphatic heterocycles. The third-order valence-electron chi connectivity index (χ3n) is 3.18. The first-order valence-electron chi connectivity index (χ1n) is 6.40. The SMILES string of the molecule is CC(C)Oc1ccc(N2C(=O)[C@H](C)N(C)C2=O)c(F)c1. The van der Waals surface area contributed by atoms with Crippen LogP contribution in [0, 0.1) is 5.82 Å². The van der Waals surface area contributed by atoms with Crippen LogP contribution in [-0.2, 0) is 4.79 Å². The van der Waals surface area contributed by atoms with E-state index < -0.39 is 23.8 Å². The van der Waals surface area contributed by atoms with Gasteiger partial charge in [0.15, 0.2) is 5.82 Å². The van der Waals surface area contributed by atoms with Gasteiger partial charge in [-0.2, -0.15) is 0 Å². The van der Waals surface area contributed by atoms with E-state index in [4.69, 9.17) is 4.74 Å². The van der Waals surface area contributed by atoms with Crippen LogP contribution in [0.15, 0.2) is 18.2 Å². The summed E-state index contributed by atoms with van der Waals surface area (Å²) >= 11 is 0. The normalized spacial score (nSPS) is 19.2. The van der Waals surface area contributed by atoms with Gasteiger partial charge < -0.3 is 9.64 Å². The molecule has 0 aromatic heterocycles. The molecule has 0 saturated carbocycles. The molecule has 5 nitrogen and oxygen atoms in total. The summed E-state index contributed by atoms with van der Waals surface area (Å²) in [5.41, 5.74) is -0.0488. The number of halogens is 1. The van der Waals surface area contributed by atoms with Crippen LogP contribution in [0.2, 0.25) is 0 Å². The molecule has 1 saturated heterocycles. The highest BCUT2D eigenvalue weighted by atomic mass is 19.1. The largest absolute Gasteiger partial charge is 0.491 e. The Morgan fingerprint density at radius 2 is 1.95 bits per heavy atom. The van der Waals surface area contributed by atoms with Crippen molar-refractivity contribution in [2.75, 3.05) is 11.9 Å². The maximum atomic E-state index is 14.1. The summed E-state index contributed by atoms with van der Waals surface area (Å²) in [6.45, 7) is 5.26. The molecule has 0 spiro atoms. The first kappa shape index (κ1) is 14.3. The van der Waals surface area contributed by atoms with Gasteiger partial charge in [0.1, 0.15) is 11.8 Å². The number of carbonyl (C=O) groups excluding carboxylic acids is 2. The lowest BCUT2D eigenvalue weighted by molar-refractivity contribution is -0.119. The predicted octanol–water partition coefficient (Wildman–Crippen LogP) is 2.40. The summed E-state index contributed by atoms with van der Waals surface area (Å²) < 4.78 is 19.5. The van der Waals surface area contributed by atoms with Crippen molar-refractivity contribution in [3.63, 3.8) is 0 Å². The van der Waals surface area contributed by atoms with E-state index in [1.807, 2.05) is 13.8 Å². The lowest BCUT2D eigenvalue weighted by Gasteiger charge is -2.16. The summed E-state index contributed by atoms with van der Waals surface area (Å²) in [6.07, 6.45) is -0.0820. The highest BCUT2D eigenvalue weighted by molar-refractivity contribution is 6.21. The van der Waals surface area contributed by atoms with Crippen molar-refractivity contribution >= 4 is 17.6 Å². The van der Waals surface area contributed by atoms with Crippen LogP contribution in [0.4, 0.5) is 14.9 Å². The molecule has 20 heavy (non-hydrogen) atoms. The number of nitrogens with zero attached hydrogens (tertiary/aromatic N) is 2. The molecule has 1 atom stereocenters. The van der Waals surface area contributed by atoms with Gasteiger partial charge >= 0.3 is 6.03 Å². The van der Waals surface area contributed by atoms with Gasteiger partial charge in [0.2, 0.25) is 0 Å². The maximum Gasteiger partial charge on any atom is 0.331 e. The van der Waals surface area contributed by atoms with Crippen LogP contribution >= 0.6 is 0 Å². The van der Waals surface area contributed by atoms with Crippen LogP contribution in [0.1, 0.15) is 20.8 Å². The molecule has 1 aromatic rings. The molecule has 2 rings (SSSR count). The van der Waals surface area contributed by atoms with Crippen molar-refractivity contribution in [2.24, 2.45) is 0 Å². The molecule has 0 unspecified atom stereocenters. The molecule has 0 aliphatic carbocycles. The second-order valence-corrected chi connectivity index (χ2v) is 5.02. The lowest BCUT2D eigenvalue weighted by Crippen LogP contribution is -2.32. The van der Waals surface area contributed by atoms with Crippen molar-refractivity contribution in [3.8, 4) is 5.75 Å². The minimum absolute atomic E-state index is 0.0488. The third kappa shape index (κ3) is 2.33. The number of likely N-dealkylation sites (N-methyl/N-ethyl adjacent to an activating group) is 1. The number of anilines is 1. The van der Waals surface area contributed by atoms with Crippen molar-refractivity contribution < 1.29 is 18.7 Å². The quantitative estimate of drug-likeness (QED) is 0.799. The molecule has 1 heterocycles. The Kier molecular flexibility index (Phi) is 3.65. The number of carbonyl (C=O) groups is 2. The molecule has 1 aromatic carbocycles. The Bertz CT molecular complexity index is 539. The summed E-state index contributed by atoms with van der Waals surface area (Å²) in [5.74, 6) is -0.733. The van der Waals surface area contributed by atoms with Gasteiger partial charge in [-0.3, -0.25) is 4.79 Å². The fraction of sp³-hybridized carbons (Fsp3) is 0.429. The average molecular weight is 280 g/mol. The first-order valence-corrected chi connectivity index (χ1v) is 6.40. The molecule has 6 heteroatoms. The highest BCUT2D eigenvalue weighted by Crippen LogP contribution is 2.29. The van der Waals surface area contributed by atoms with E-state index in [-0.39, 0.29) is 11.8 Å². The van der Waals surface area contributed by atoms with E-state index in [9.17, 15) is 14.0 Å². The number of amides is 3. The van der Waals surface area contributed by atoms with Crippen LogP contribution in [0.3, 0.4) is 0 Å². The number of urea groups is 1. The monoisotopic (exact) mass is 280 g/mol. The first-order chi connectivity index (χ1) is 9.32. The van der Waals surface area contributed by atoms with Crippen LogP contribution in [0.5, 0.6) is 5.75 Å². The standard InChI is InChI=1S/C14H17FN2O3/c1-8(2)20-10-5-6-12(11(15)7-10)17-13(18)9(3)16(4)14(17)19/h5-9H,1-4H3/t9-/m0/s1. The maximum absolute atomic E-state index is 14.1. The molecule has 1 fully saturated rings. The minimum atomic E-state index is -0.660. The number of ether oxygens (including phenoxy) is 1. The van der Waals surface area contributed by atoms with Crippen LogP contribution in [0.25, 0.3) is 0 Å². The van der Waals surface area contributed by atoms with Crippen LogP contribution in [-0.4, -0.2) is 36.0 Å². The number of hydrogen-bond acceptors (Lipinski definition) is 3. The van der Waals surface area contributed by atoms with Crippen molar-refractivity contribution in [1.29, 1.82) is 0 Å². The number of hydrogen-bond donors (Lipinski definition) is 0. The zero-order valence-corrected chi connectivity index (χ0v) is 11.9. The Morgan fingerprint density at radius 1 is 1.30 bits per heavy atom. The fourth-order valence-corrected chi connectivity index (χ4v) is 2.01. The topological polar surface area (TPSA) is 49.9 Å². The molecule has 0 bridgehead atoms. The Balaban J connectivity index is 2.34. The van der Waals surface area contributed by atoms with Crippen LogP contribution < -0.4 is 9.64 Å². The molecule has 1 aliphatic rings. The highest BCUT2D eigenvalue weighted by Gasteiger charge is 2.42. The zero-order valence-electron chi connectivity index (χ0n) is 11.9. The van der Waals surface area contributed by atoms with Gasteiger partial charge in [0.25, 0.3) is 5.91 Å².